The molecule has 17 heavy (non-hydrogen) atoms. The average molecular weight is 292 g/mol. The third kappa shape index (κ3) is 2.62. The molecule has 0 spiro atoms. The Morgan fingerprint density at radius 1 is 1.29 bits per heavy atom. The van der Waals surface area contributed by atoms with Crippen LogP contribution in [0, 0.1) is 0 Å². The number of benzene rings is 1. The minimum Gasteiger partial charge on any atom is -0.396 e. The number of aromatic nitrogens is 1. The van der Waals surface area contributed by atoms with E-state index in [9.17, 15) is 4.79 Å². The summed E-state index contributed by atoms with van der Waals surface area (Å²) < 4.78 is 0.741. The number of halogens is 1. The summed E-state index contributed by atoms with van der Waals surface area (Å²) >= 11 is 3.32. The van der Waals surface area contributed by atoms with Gasteiger partial charge in [-0.25, -0.2) is 0 Å². The zero-order chi connectivity index (χ0) is 12.3. The predicted octanol–water partition coefficient (Wildman–Crippen LogP) is 2.68. The van der Waals surface area contributed by atoms with Crippen LogP contribution in [0.2, 0.25) is 0 Å². The molecule has 1 heterocycles. The summed E-state index contributed by atoms with van der Waals surface area (Å²) in [4.78, 5) is 15.8. The quantitative estimate of drug-likeness (QED) is 0.894. The summed E-state index contributed by atoms with van der Waals surface area (Å²) in [6.07, 6.45) is 3.07. The zero-order valence-corrected chi connectivity index (χ0v) is 10.4. The van der Waals surface area contributed by atoms with Crippen LogP contribution in [0.3, 0.4) is 0 Å². The van der Waals surface area contributed by atoms with E-state index in [1.54, 1.807) is 24.4 Å². The molecular formula is C12H10BrN3O. The first-order valence-electron chi connectivity index (χ1n) is 4.94. The van der Waals surface area contributed by atoms with Gasteiger partial charge >= 0.3 is 0 Å². The predicted molar refractivity (Wildman–Crippen MR) is 70.7 cm³/mol. The van der Waals surface area contributed by atoms with E-state index in [4.69, 9.17) is 5.73 Å². The zero-order valence-electron chi connectivity index (χ0n) is 8.85. The van der Waals surface area contributed by atoms with Crippen molar-refractivity contribution in [3.63, 3.8) is 0 Å². The van der Waals surface area contributed by atoms with Crippen molar-refractivity contribution in [2.75, 3.05) is 11.1 Å². The van der Waals surface area contributed by atoms with Gasteiger partial charge in [0.2, 0.25) is 0 Å². The summed E-state index contributed by atoms with van der Waals surface area (Å²) in [5, 5.41) is 2.73. The fourth-order valence-corrected chi connectivity index (χ4v) is 1.82. The van der Waals surface area contributed by atoms with Crippen LogP contribution in [0.25, 0.3) is 0 Å². The Balaban J connectivity index is 2.24. The molecule has 1 aromatic heterocycles. The van der Waals surface area contributed by atoms with Crippen LogP contribution < -0.4 is 11.1 Å². The maximum atomic E-state index is 12.0. The van der Waals surface area contributed by atoms with E-state index in [2.05, 4.69) is 26.2 Å². The van der Waals surface area contributed by atoms with Gasteiger partial charge in [-0.15, -0.1) is 0 Å². The van der Waals surface area contributed by atoms with Gasteiger partial charge in [0.1, 0.15) is 0 Å². The number of carbonyl (C=O) groups excluding carboxylic acids is 1. The van der Waals surface area contributed by atoms with Gasteiger partial charge in [0.05, 0.1) is 23.1 Å². The molecule has 0 aliphatic rings. The molecule has 0 bridgehead atoms. The Morgan fingerprint density at radius 3 is 2.76 bits per heavy atom. The molecular weight excluding hydrogens is 282 g/mol. The summed E-state index contributed by atoms with van der Waals surface area (Å²) in [5.41, 5.74) is 7.25. The number of amides is 1. The fraction of sp³-hybridized carbons (Fsp3) is 0. The number of hydrogen-bond acceptors (Lipinski definition) is 3. The number of rotatable bonds is 2. The van der Waals surface area contributed by atoms with Gasteiger partial charge in [-0.2, -0.15) is 0 Å². The summed E-state index contributed by atoms with van der Waals surface area (Å²) in [7, 11) is 0. The van der Waals surface area contributed by atoms with Gasteiger partial charge in [-0.1, -0.05) is 12.1 Å². The monoisotopic (exact) mass is 291 g/mol. The second-order valence-electron chi connectivity index (χ2n) is 3.40. The Bertz CT molecular complexity index is 557. The Hall–Kier alpha value is -1.88. The molecule has 2 aromatic rings. The molecule has 0 saturated carbocycles. The number of nitrogens with two attached hydrogens (primary N) is 1. The lowest BCUT2D eigenvalue weighted by Crippen LogP contribution is -2.13. The molecule has 0 saturated heterocycles. The van der Waals surface area contributed by atoms with E-state index in [-0.39, 0.29) is 5.91 Å². The van der Waals surface area contributed by atoms with Crippen molar-refractivity contribution in [1.29, 1.82) is 0 Å². The molecule has 1 amide bonds. The number of carbonyl (C=O) groups is 1. The van der Waals surface area contributed by atoms with Crippen molar-refractivity contribution in [3.8, 4) is 0 Å². The highest BCUT2D eigenvalue weighted by Gasteiger charge is 2.10. The van der Waals surface area contributed by atoms with Crippen molar-refractivity contribution in [2.45, 2.75) is 0 Å². The molecule has 0 fully saturated rings. The highest BCUT2D eigenvalue weighted by molar-refractivity contribution is 9.10. The number of hydrogen-bond donors (Lipinski definition) is 2. The average Bonchev–Trinajstić information content (AvgIpc) is 2.32. The minimum absolute atomic E-state index is 0.213. The SMILES string of the molecule is Nc1cnccc1NC(=O)c1ccccc1Br. The van der Waals surface area contributed by atoms with Crippen LogP contribution in [0.1, 0.15) is 10.4 Å². The van der Waals surface area contributed by atoms with E-state index in [1.807, 2.05) is 12.1 Å². The van der Waals surface area contributed by atoms with Gasteiger partial charge in [0, 0.05) is 10.7 Å². The second kappa shape index (κ2) is 4.97. The second-order valence-corrected chi connectivity index (χ2v) is 4.25. The first-order chi connectivity index (χ1) is 8.18. The normalized spacial score (nSPS) is 9.94. The molecule has 2 rings (SSSR count). The van der Waals surface area contributed by atoms with Crippen molar-refractivity contribution in [2.24, 2.45) is 0 Å². The Labute approximate surface area is 107 Å². The van der Waals surface area contributed by atoms with E-state index < -0.39 is 0 Å². The number of nitrogens with one attached hydrogen (secondary N) is 1. The van der Waals surface area contributed by atoms with Gasteiger partial charge < -0.3 is 11.1 Å². The smallest absolute Gasteiger partial charge is 0.256 e. The van der Waals surface area contributed by atoms with E-state index in [0.29, 0.717) is 16.9 Å². The van der Waals surface area contributed by atoms with Crippen molar-refractivity contribution in [3.05, 3.63) is 52.8 Å². The maximum Gasteiger partial charge on any atom is 0.256 e. The fourth-order valence-electron chi connectivity index (χ4n) is 1.36. The lowest BCUT2D eigenvalue weighted by molar-refractivity contribution is 0.102. The van der Waals surface area contributed by atoms with Crippen molar-refractivity contribution < 1.29 is 4.79 Å². The molecule has 86 valence electrons. The third-order valence-electron chi connectivity index (χ3n) is 2.22. The van der Waals surface area contributed by atoms with Crippen LogP contribution in [-0.2, 0) is 0 Å². The van der Waals surface area contributed by atoms with Gasteiger partial charge in [-0.3, -0.25) is 9.78 Å². The molecule has 0 aliphatic heterocycles. The highest BCUT2D eigenvalue weighted by Crippen LogP contribution is 2.20. The lowest BCUT2D eigenvalue weighted by Gasteiger charge is -2.08. The maximum absolute atomic E-state index is 12.0. The molecule has 0 unspecified atom stereocenters. The molecule has 0 radical (unpaired) electrons. The standard InChI is InChI=1S/C12H10BrN3O/c13-9-4-2-1-3-8(9)12(17)16-11-5-6-15-7-10(11)14/h1-7H,14H2,(H,15,16,17). The Morgan fingerprint density at radius 2 is 2.06 bits per heavy atom. The first-order valence-corrected chi connectivity index (χ1v) is 5.73. The lowest BCUT2D eigenvalue weighted by atomic mass is 10.2. The van der Waals surface area contributed by atoms with Crippen molar-refractivity contribution in [1.82, 2.24) is 4.98 Å². The molecule has 4 nitrogen and oxygen atoms in total. The summed E-state index contributed by atoms with van der Waals surface area (Å²) in [5.74, 6) is -0.213. The molecule has 0 atom stereocenters. The van der Waals surface area contributed by atoms with Gasteiger partial charge in [-0.05, 0) is 34.1 Å². The number of nitrogens with zero attached hydrogens (tertiary/aromatic N) is 1. The molecule has 0 aliphatic carbocycles. The van der Waals surface area contributed by atoms with Crippen LogP contribution in [-0.4, -0.2) is 10.9 Å². The van der Waals surface area contributed by atoms with E-state index >= 15 is 0 Å². The molecule has 3 N–H and O–H groups in total. The van der Waals surface area contributed by atoms with E-state index in [1.165, 1.54) is 6.20 Å². The number of anilines is 2. The topological polar surface area (TPSA) is 68.0 Å². The molecule has 5 heteroatoms. The minimum atomic E-state index is -0.213. The molecule has 1 aromatic carbocycles. The van der Waals surface area contributed by atoms with Crippen LogP contribution in [0.15, 0.2) is 47.2 Å². The highest BCUT2D eigenvalue weighted by atomic mass is 79.9. The number of pyridine rings is 1. The first kappa shape index (κ1) is 11.6. The summed E-state index contributed by atoms with van der Waals surface area (Å²) in [6, 6.07) is 8.85. The third-order valence-corrected chi connectivity index (χ3v) is 2.91. The largest absolute Gasteiger partial charge is 0.396 e. The van der Waals surface area contributed by atoms with Crippen LogP contribution >= 0.6 is 15.9 Å². The Kier molecular flexibility index (Phi) is 3.39. The summed E-state index contributed by atoms with van der Waals surface area (Å²) in [6.45, 7) is 0. The van der Waals surface area contributed by atoms with Crippen LogP contribution in [0.4, 0.5) is 11.4 Å². The van der Waals surface area contributed by atoms with Gasteiger partial charge in [0.15, 0.2) is 0 Å². The van der Waals surface area contributed by atoms with Crippen LogP contribution in [0.5, 0.6) is 0 Å². The van der Waals surface area contributed by atoms with Crippen molar-refractivity contribution >= 4 is 33.2 Å². The van der Waals surface area contributed by atoms with E-state index in [0.717, 1.165) is 4.47 Å². The number of nitrogen functional groups attached to an aromatic ring is 1. The van der Waals surface area contributed by atoms with Gasteiger partial charge in [0.25, 0.3) is 5.91 Å².